The summed E-state index contributed by atoms with van der Waals surface area (Å²) in [6.45, 7) is 3.73. The molecule has 5 heteroatoms. The van der Waals surface area contributed by atoms with Crippen LogP contribution in [0.2, 0.25) is 0 Å². The lowest BCUT2D eigenvalue weighted by Crippen LogP contribution is -2.42. The topological polar surface area (TPSA) is 64.2 Å². The maximum absolute atomic E-state index is 12.0. The van der Waals surface area contributed by atoms with Crippen molar-refractivity contribution in [3.8, 4) is 0 Å². The normalized spacial score (nSPS) is 20.1. The third-order valence-corrected chi connectivity index (χ3v) is 4.30. The first-order chi connectivity index (χ1) is 10.6. The molecule has 0 radical (unpaired) electrons. The fourth-order valence-corrected chi connectivity index (χ4v) is 3.33. The van der Waals surface area contributed by atoms with Gasteiger partial charge in [-0.05, 0) is 37.4 Å². The van der Waals surface area contributed by atoms with Gasteiger partial charge in [-0.2, -0.15) is 5.10 Å². The molecule has 1 saturated heterocycles. The van der Waals surface area contributed by atoms with Crippen molar-refractivity contribution in [3.05, 3.63) is 53.9 Å². The van der Waals surface area contributed by atoms with E-state index in [2.05, 4.69) is 10.00 Å². The van der Waals surface area contributed by atoms with Crippen LogP contribution in [0.4, 0.5) is 0 Å². The van der Waals surface area contributed by atoms with E-state index in [1.807, 2.05) is 54.3 Å². The number of carbonyl (C=O) groups is 1. The fourth-order valence-electron chi connectivity index (χ4n) is 3.33. The molecular formula is C17H22N4O. The summed E-state index contributed by atoms with van der Waals surface area (Å²) in [6, 6.07) is 9.74. The smallest absolute Gasteiger partial charge is 0.239 e. The lowest BCUT2D eigenvalue weighted by molar-refractivity contribution is -0.124. The van der Waals surface area contributed by atoms with Crippen molar-refractivity contribution < 1.29 is 4.79 Å². The third kappa shape index (κ3) is 3.04. The van der Waals surface area contributed by atoms with Crippen molar-refractivity contribution in [2.45, 2.75) is 38.4 Å². The SMILES string of the molecule is Cc1cnn(CC2CCCN2C(C(N)=O)c2ccccc2)c1. The Bertz CT molecular complexity index is 637. The summed E-state index contributed by atoms with van der Waals surface area (Å²) in [7, 11) is 0. The number of rotatable bonds is 5. The first kappa shape index (κ1) is 14.8. The average Bonchev–Trinajstić information content (AvgIpc) is 3.10. The minimum absolute atomic E-state index is 0.283. The molecule has 2 atom stereocenters. The lowest BCUT2D eigenvalue weighted by Gasteiger charge is -2.31. The van der Waals surface area contributed by atoms with Gasteiger partial charge in [0.2, 0.25) is 5.91 Å². The van der Waals surface area contributed by atoms with Gasteiger partial charge in [0.1, 0.15) is 6.04 Å². The van der Waals surface area contributed by atoms with Crippen molar-refractivity contribution in [1.82, 2.24) is 14.7 Å². The molecule has 0 bridgehead atoms. The van der Waals surface area contributed by atoms with Crippen molar-refractivity contribution in [1.29, 1.82) is 0 Å². The molecule has 1 fully saturated rings. The maximum atomic E-state index is 12.0. The highest BCUT2D eigenvalue weighted by atomic mass is 16.1. The molecule has 1 aromatic carbocycles. The number of hydrogen-bond donors (Lipinski definition) is 1. The summed E-state index contributed by atoms with van der Waals surface area (Å²) in [5.74, 6) is -0.283. The molecule has 2 N–H and O–H groups in total. The Morgan fingerprint density at radius 1 is 1.41 bits per heavy atom. The number of aryl methyl sites for hydroxylation is 1. The summed E-state index contributed by atoms with van der Waals surface area (Å²) in [5.41, 5.74) is 7.83. The van der Waals surface area contributed by atoms with Crippen molar-refractivity contribution in [2.75, 3.05) is 6.54 Å². The van der Waals surface area contributed by atoms with E-state index >= 15 is 0 Å². The van der Waals surface area contributed by atoms with Crippen molar-refractivity contribution in [2.24, 2.45) is 5.73 Å². The van der Waals surface area contributed by atoms with E-state index < -0.39 is 0 Å². The Hall–Kier alpha value is -2.14. The Balaban J connectivity index is 1.82. The molecule has 3 rings (SSSR count). The summed E-state index contributed by atoms with van der Waals surface area (Å²) in [5, 5.41) is 4.36. The standard InChI is InChI=1S/C17H22N4O/c1-13-10-19-20(11-13)12-15-8-5-9-21(15)16(17(18)22)14-6-3-2-4-7-14/h2-4,6-7,10-11,15-16H,5,8-9,12H2,1H3,(H2,18,22). The van der Waals surface area contributed by atoms with E-state index in [-0.39, 0.29) is 18.0 Å². The monoisotopic (exact) mass is 298 g/mol. The number of carbonyl (C=O) groups excluding carboxylic acids is 1. The van der Waals surface area contributed by atoms with Gasteiger partial charge in [0, 0.05) is 12.2 Å². The number of likely N-dealkylation sites (tertiary alicyclic amines) is 1. The number of hydrogen-bond acceptors (Lipinski definition) is 3. The molecular weight excluding hydrogens is 276 g/mol. The molecule has 2 aromatic rings. The van der Waals surface area contributed by atoms with Crippen LogP contribution >= 0.6 is 0 Å². The number of benzene rings is 1. The summed E-state index contributed by atoms with van der Waals surface area (Å²) in [4.78, 5) is 14.3. The van der Waals surface area contributed by atoms with E-state index in [1.165, 1.54) is 0 Å². The zero-order valence-corrected chi connectivity index (χ0v) is 12.9. The predicted octanol–water partition coefficient (Wildman–Crippen LogP) is 1.88. The second-order valence-electron chi connectivity index (χ2n) is 5.99. The van der Waals surface area contributed by atoms with Gasteiger partial charge in [0.25, 0.3) is 0 Å². The Labute approximate surface area is 130 Å². The lowest BCUT2D eigenvalue weighted by atomic mass is 10.0. The molecule has 1 amide bonds. The van der Waals surface area contributed by atoms with E-state index in [1.54, 1.807) is 0 Å². The Kier molecular flexibility index (Phi) is 4.24. The molecule has 0 aliphatic carbocycles. The maximum Gasteiger partial charge on any atom is 0.239 e. The van der Waals surface area contributed by atoms with Crippen LogP contribution < -0.4 is 5.73 Å². The van der Waals surface area contributed by atoms with Gasteiger partial charge in [0.15, 0.2) is 0 Å². The molecule has 0 spiro atoms. The molecule has 22 heavy (non-hydrogen) atoms. The van der Waals surface area contributed by atoms with E-state index in [0.717, 1.165) is 37.1 Å². The minimum atomic E-state index is -0.356. The van der Waals surface area contributed by atoms with Gasteiger partial charge >= 0.3 is 0 Å². The van der Waals surface area contributed by atoms with Gasteiger partial charge in [-0.1, -0.05) is 30.3 Å². The van der Waals surface area contributed by atoms with Gasteiger partial charge in [-0.25, -0.2) is 0 Å². The summed E-state index contributed by atoms with van der Waals surface area (Å²) >= 11 is 0. The van der Waals surface area contributed by atoms with Crippen LogP contribution in [0.5, 0.6) is 0 Å². The number of nitrogens with two attached hydrogens (primary N) is 1. The first-order valence-corrected chi connectivity index (χ1v) is 7.74. The van der Waals surface area contributed by atoms with E-state index in [4.69, 9.17) is 5.73 Å². The second kappa shape index (κ2) is 6.32. The molecule has 5 nitrogen and oxygen atoms in total. The van der Waals surface area contributed by atoms with Crippen LogP contribution in [-0.2, 0) is 11.3 Å². The number of nitrogens with zero attached hydrogens (tertiary/aromatic N) is 3. The zero-order chi connectivity index (χ0) is 15.5. The molecule has 0 saturated carbocycles. The van der Waals surface area contributed by atoms with Crippen LogP contribution in [0.1, 0.15) is 30.0 Å². The van der Waals surface area contributed by atoms with Gasteiger partial charge in [-0.3, -0.25) is 14.4 Å². The van der Waals surface area contributed by atoms with E-state index in [9.17, 15) is 4.79 Å². The Morgan fingerprint density at radius 3 is 2.82 bits per heavy atom. The minimum Gasteiger partial charge on any atom is -0.368 e. The highest BCUT2D eigenvalue weighted by molar-refractivity contribution is 5.81. The second-order valence-corrected chi connectivity index (χ2v) is 5.99. The highest BCUT2D eigenvalue weighted by Crippen LogP contribution is 2.30. The van der Waals surface area contributed by atoms with Gasteiger partial charge in [-0.15, -0.1) is 0 Å². The van der Waals surface area contributed by atoms with Gasteiger partial charge < -0.3 is 5.73 Å². The van der Waals surface area contributed by atoms with Crippen LogP contribution in [0.15, 0.2) is 42.7 Å². The first-order valence-electron chi connectivity index (χ1n) is 7.74. The fraction of sp³-hybridized carbons (Fsp3) is 0.412. The quantitative estimate of drug-likeness (QED) is 0.916. The summed E-state index contributed by atoms with van der Waals surface area (Å²) < 4.78 is 1.96. The van der Waals surface area contributed by atoms with Crippen molar-refractivity contribution in [3.63, 3.8) is 0 Å². The molecule has 1 aliphatic heterocycles. The molecule has 2 unspecified atom stereocenters. The van der Waals surface area contributed by atoms with Gasteiger partial charge in [0.05, 0.1) is 12.7 Å². The molecule has 1 aliphatic rings. The van der Waals surface area contributed by atoms with Crippen LogP contribution in [0.3, 0.4) is 0 Å². The number of aromatic nitrogens is 2. The van der Waals surface area contributed by atoms with E-state index in [0.29, 0.717) is 0 Å². The highest BCUT2D eigenvalue weighted by Gasteiger charge is 2.34. The summed E-state index contributed by atoms with van der Waals surface area (Å²) in [6.07, 6.45) is 6.05. The predicted molar refractivity (Wildman–Crippen MR) is 85.1 cm³/mol. The molecule has 1 aromatic heterocycles. The Morgan fingerprint density at radius 2 is 2.18 bits per heavy atom. The number of primary amides is 1. The third-order valence-electron chi connectivity index (χ3n) is 4.30. The van der Waals surface area contributed by atoms with Crippen LogP contribution in [-0.4, -0.2) is 33.2 Å². The average molecular weight is 298 g/mol. The van der Waals surface area contributed by atoms with Crippen LogP contribution in [0, 0.1) is 6.92 Å². The largest absolute Gasteiger partial charge is 0.368 e. The number of amides is 1. The molecule has 2 heterocycles. The van der Waals surface area contributed by atoms with Crippen LogP contribution in [0.25, 0.3) is 0 Å². The van der Waals surface area contributed by atoms with Crippen molar-refractivity contribution >= 4 is 5.91 Å². The molecule has 116 valence electrons. The zero-order valence-electron chi connectivity index (χ0n) is 12.9.